The number of hydrogen-bond acceptors (Lipinski definition) is 7. The van der Waals surface area contributed by atoms with Crippen molar-refractivity contribution in [3.63, 3.8) is 0 Å². The van der Waals surface area contributed by atoms with Gasteiger partial charge in [0.25, 0.3) is 0 Å². The van der Waals surface area contributed by atoms with E-state index < -0.39 is 33.9 Å². The highest BCUT2D eigenvalue weighted by Gasteiger charge is 2.53. The molecule has 0 saturated carbocycles. The number of fused-ring (bicyclic) bond motifs is 1. The van der Waals surface area contributed by atoms with Gasteiger partial charge in [0.2, 0.25) is 5.91 Å². The van der Waals surface area contributed by atoms with Gasteiger partial charge in [-0.05, 0) is 34.1 Å². The van der Waals surface area contributed by atoms with Crippen molar-refractivity contribution in [2.75, 3.05) is 6.26 Å². The van der Waals surface area contributed by atoms with Gasteiger partial charge in [-0.2, -0.15) is 8.78 Å². The second-order valence-corrected chi connectivity index (χ2v) is 12.0. The molecule has 172 valence electrons. The van der Waals surface area contributed by atoms with Gasteiger partial charge in [0.1, 0.15) is 17.2 Å². The van der Waals surface area contributed by atoms with Crippen molar-refractivity contribution in [2.24, 2.45) is 5.73 Å². The number of aromatic nitrogens is 1. The number of hydrogen-bond donors (Lipinski definition) is 3. The number of primary amides is 1. The van der Waals surface area contributed by atoms with Gasteiger partial charge in [-0.15, -0.1) is 11.3 Å². The number of thiophene rings is 1. The average molecular weight is 571 g/mol. The molecule has 3 aromatic rings. The second-order valence-electron chi connectivity index (χ2n) is 6.61. The summed E-state index contributed by atoms with van der Waals surface area (Å²) in [5.74, 6) is -0.917. The van der Waals surface area contributed by atoms with Crippen molar-refractivity contribution in [2.45, 2.75) is 17.3 Å². The highest BCUT2D eigenvalue weighted by molar-refractivity contribution is 9.10. The van der Waals surface area contributed by atoms with E-state index in [2.05, 4.69) is 20.9 Å². The first-order valence-electron chi connectivity index (χ1n) is 8.40. The van der Waals surface area contributed by atoms with Gasteiger partial charge >= 0.3 is 13.3 Å². The number of halogens is 3. The maximum atomic E-state index is 14.4. The molecule has 32 heavy (non-hydrogen) atoms. The summed E-state index contributed by atoms with van der Waals surface area (Å²) in [4.78, 5) is 32.7. The molecule has 0 saturated heterocycles. The number of nitrogens with two attached hydrogens (primary N) is 1. The quantitative estimate of drug-likeness (QED) is 0.365. The fraction of sp³-hybridized carbons (Fsp3) is 0.176. The lowest BCUT2D eigenvalue weighted by Gasteiger charge is -2.16. The largest absolute Gasteiger partial charge is 0.487 e. The van der Waals surface area contributed by atoms with E-state index in [0.717, 1.165) is 6.26 Å². The van der Waals surface area contributed by atoms with Crippen LogP contribution >= 0.6 is 34.9 Å². The standard InChI is InChI=1S/C17H14BrF2N2O7PS2/c1-32(27,28)12-3-2-8(6-22-12)7-29-11-5-9(16(21)23)4-10-13(18)15(31-14(10)11)17(19,20)30(24,25)26/h2-6H,7H2,1H3,(H2,21,23)(H2,24,25,26). The number of benzene rings is 1. The molecule has 0 spiro atoms. The predicted molar refractivity (Wildman–Crippen MR) is 116 cm³/mol. The van der Waals surface area contributed by atoms with Gasteiger partial charge in [0.05, 0.1) is 4.70 Å². The van der Waals surface area contributed by atoms with E-state index in [0.29, 0.717) is 16.9 Å². The molecular formula is C17H14BrF2N2O7PS2. The summed E-state index contributed by atoms with van der Waals surface area (Å²) >= 11 is 3.32. The fourth-order valence-electron chi connectivity index (χ4n) is 2.59. The fourth-order valence-corrected chi connectivity index (χ4v) is 6.13. The molecule has 2 aromatic heterocycles. The van der Waals surface area contributed by atoms with Crippen LogP contribution in [0, 0.1) is 0 Å². The summed E-state index contributed by atoms with van der Waals surface area (Å²) in [5.41, 5.74) is 1.18. The molecule has 4 N–H and O–H groups in total. The number of nitrogens with zero attached hydrogens (tertiary/aromatic N) is 1. The normalized spacial score (nSPS) is 12.8. The van der Waals surface area contributed by atoms with Gasteiger partial charge in [-0.3, -0.25) is 9.36 Å². The zero-order valence-electron chi connectivity index (χ0n) is 16.0. The average Bonchev–Trinajstić information content (AvgIpc) is 3.02. The van der Waals surface area contributed by atoms with Crippen molar-refractivity contribution in [1.29, 1.82) is 0 Å². The third-order valence-corrected chi connectivity index (χ3v) is 8.67. The van der Waals surface area contributed by atoms with Gasteiger partial charge in [-0.1, -0.05) is 6.07 Å². The topological polar surface area (TPSA) is 157 Å². The predicted octanol–water partition coefficient (Wildman–Crippen LogP) is 3.37. The highest BCUT2D eigenvalue weighted by atomic mass is 79.9. The number of sulfone groups is 1. The van der Waals surface area contributed by atoms with Crippen LogP contribution in [0.2, 0.25) is 0 Å². The number of carbonyl (C=O) groups excluding carboxylic acids is 1. The Bertz CT molecular complexity index is 1370. The van der Waals surface area contributed by atoms with E-state index in [1.54, 1.807) is 0 Å². The maximum absolute atomic E-state index is 14.4. The van der Waals surface area contributed by atoms with E-state index >= 15 is 0 Å². The Morgan fingerprint density at radius 2 is 2.00 bits per heavy atom. The minimum atomic E-state index is -5.84. The van der Waals surface area contributed by atoms with Gasteiger partial charge < -0.3 is 20.3 Å². The van der Waals surface area contributed by atoms with Crippen LogP contribution in [0.15, 0.2) is 40.0 Å². The van der Waals surface area contributed by atoms with E-state index in [4.69, 9.17) is 20.3 Å². The molecule has 0 fully saturated rings. The molecule has 2 heterocycles. The van der Waals surface area contributed by atoms with E-state index in [1.807, 2.05) is 0 Å². The first-order chi connectivity index (χ1) is 14.6. The summed E-state index contributed by atoms with van der Waals surface area (Å²) in [5, 5.41) is -0.0964. The number of carbonyl (C=O) groups is 1. The Hall–Kier alpha value is -1.96. The summed E-state index contributed by atoms with van der Waals surface area (Å²) in [6, 6.07) is 5.12. The lowest BCUT2D eigenvalue weighted by Crippen LogP contribution is -2.12. The lowest BCUT2D eigenvalue weighted by atomic mass is 10.1. The first-order valence-corrected chi connectivity index (χ1v) is 13.5. The van der Waals surface area contributed by atoms with Crippen molar-refractivity contribution >= 4 is 60.7 Å². The van der Waals surface area contributed by atoms with Crippen LogP contribution in [0.4, 0.5) is 8.78 Å². The Morgan fingerprint density at radius 3 is 2.50 bits per heavy atom. The molecule has 1 aromatic carbocycles. The van der Waals surface area contributed by atoms with Crippen LogP contribution in [0.1, 0.15) is 20.8 Å². The van der Waals surface area contributed by atoms with E-state index in [9.17, 15) is 26.6 Å². The molecule has 1 amide bonds. The monoisotopic (exact) mass is 570 g/mol. The zero-order valence-corrected chi connectivity index (χ0v) is 20.1. The van der Waals surface area contributed by atoms with Crippen LogP contribution in [-0.2, 0) is 26.7 Å². The number of amides is 1. The summed E-state index contributed by atoms with van der Waals surface area (Å²) < 4.78 is 68.5. The third kappa shape index (κ3) is 4.70. The van der Waals surface area contributed by atoms with Crippen LogP contribution in [0.5, 0.6) is 5.75 Å². The Labute approximate surface area is 192 Å². The molecule has 9 nitrogen and oxygen atoms in total. The molecule has 0 unspecified atom stereocenters. The van der Waals surface area contributed by atoms with Gasteiger partial charge in [-0.25, -0.2) is 13.4 Å². The van der Waals surface area contributed by atoms with Crippen LogP contribution < -0.4 is 10.5 Å². The van der Waals surface area contributed by atoms with Crippen molar-refractivity contribution in [3.05, 3.63) is 50.9 Å². The molecular weight excluding hydrogens is 557 g/mol. The number of pyridine rings is 1. The lowest BCUT2D eigenvalue weighted by molar-refractivity contribution is 0.0595. The molecule has 0 bridgehead atoms. The molecule has 0 atom stereocenters. The van der Waals surface area contributed by atoms with Gasteiger partial charge in [0, 0.05) is 33.4 Å². The minimum Gasteiger partial charge on any atom is -0.487 e. The summed E-state index contributed by atoms with van der Waals surface area (Å²) in [6.45, 7) is -0.173. The van der Waals surface area contributed by atoms with Crippen molar-refractivity contribution in [1.82, 2.24) is 4.98 Å². The van der Waals surface area contributed by atoms with Crippen LogP contribution in [-0.4, -0.2) is 35.4 Å². The SMILES string of the molecule is CS(=O)(=O)c1ccc(COc2cc(C(N)=O)cc3c(Br)c(C(F)(F)P(=O)(O)O)sc23)cn1. The zero-order chi connectivity index (χ0) is 24.1. The Kier molecular flexibility index (Phi) is 6.50. The first kappa shape index (κ1) is 24.7. The van der Waals surface area contributed by atoms with E-state index in [1.165, 1.54) is 30.5 Å². The van der Waals surface area contributed by atoms with Crippen molar-refractivity contribution in [3.8, 4) is 5.75 Å². The van der Waals surface area contributed by atoms with Crippen LogP contribution in [0.3, 0.4) is 0 Å². The summed E-state index contributed by atoms with van der Waals surface area (Å²) in [7, 11) is -9.34. The Balaban J connectivity index is 2.07. The number of ether oxygens (including phenoxy) is 1. The minimum absolute atomic E-state index is 0.0399. The van der Waals surface area contributed by atoms with Crippen LogP contribution in [0.25, 0.3) is 10.1 Å². The number of rotatable bonds is 7. The molecule has 0 aliphatic rings. The molecule has 3 rings (SSSR count). The summed E-state index contributed by atoms with van der Waals surface area (Å²) in [6.07, 6.45) is 2.25. The molecule has 0 aliphatic heterocycles. The second kappa shape index (κ2) is 8.43. The third-order valence-electron chi connectivity index (χ3n) is 4.19. The highest BCUT2D eigenvalue weighted by Crippen LogP contribution is 2.63. The maximum Gasteiger partial charge on any atom is 0.400 e. The van der Waals surface area contributed by atoms with E-state index in [-0.39, 0.29) is 37.5 Å². The Morgan fingerprint density at radius 1 is 1.34 bits per heavy atom. The van der Waals surface area contributed by atoms with Crippen molar-refractivity contribution < 1.29 is 41.1 Å². The molecule has 15 heteroatoms. The smallest absolute Gasteiger partial charge is 0.400 e. The molecule has 0 aliphatic carbocycles. The molecule has 0 radical (unpaired) electrons. The van der Waals surface area contributed by atoms with Gasteiger partial charge in [0.15, 0.2) is 14.9 Å². The number of alkyl halides is 2.